The van der Waals surface area contributed by atoms with Gasteiger partial charge in [0.2, 0.25) is 0 Å². The summed E-state index contributed by atoms with van der Waals surface area (Å²) in [4.78, 5) is 6.83. The van der Waals surface area contributed by atoms with Crippen LogP contribution in [-0.2, 0) is 12.8 Å². The van der Waals surface area contributed by atoms with Gasteiger partial charge in [0.05, 0.1) is 5.69 Å². The Bertz CT molecular complexity index is 494. The number of imidazole rings is 1. The Morgan fingerprint density at radius 1 is 1.25 bits per heavy atom. The molecule has 0 atom stereocenters. The van der Waals surface area contributed by atoms with Gasteiger partial charge in [-0.2, -0.15) is 0 Å². The van der Waals surface area contributed by atoms with E-state index in [1.54, 1.807) is 0 Å². The number of hydrogen-bond acceptors (Lipinski definition) is 2. The molecule has 0 radical (unpaired) electrons. The lowest BCUT2D eigenvalue weighted by atomic mass is 10.1. The fourth-order valence-corrected chi connectivity index (χ4v) is 1.98. The summed E-state index contributed by atoms with van der Waals surface area (Å²) >= 11 is 11.8. The number of nitrogen functional groups attached to an aromatic ring is 1. The molecular formula is C11H11Cl2N3. The monoisotopic (exact) mass is 255 g/mol. The summed E-state index contributed by atoms with van der Waals surface area (Å²) in [5.41, 5.74) is 7.52. The van der Waals surface area contributed by atoms with Gasteiger partial charge in [0.25, 0.3) is 0 Å². The number of aromatic amines is 1. The molecule has 0 saturated carbocycles. The summed E-state index contributed by atoms with van der Waals surface area (Å²) in [6.45, 7) is 0. The standard InChI is InChI=1S/C11H11Cl2N3/c12-8-3-1-2-7(6-8)4-5-9-10(13)16-11(14)15-9/h1-3,6H,4-5H2,(H3,14,15,16). The number of rotatable bonds is 3. The van der Waals surface area contributed by atoms with Crippen LogP contribution in [0.5, 0.6) is 0 Å². The van der Waals surface area contributed by atoms with Gasteiger partial charge in [-0.25, -0.2) is 4.98 Å². The molecule has 0 unspecified atom stereocenters. The second-order valence-electron chi connectivity index (χ2n) is 3.52. The molecule has 1 aromatic heterocycles. The molecule has 5 heteroatoms. The Morgan fingerprint density at radius 2 is 2.06 bits per heavy atom. The van der Waals surface area contributed by atoms with Gasteiger partial charge >= 0.3 is 0 Å². The summed E-state index contributed by atoms with van der Waals surface area (Å²) in [6.07, 6.45) is 1.62. The number of nitrogens with two attached hydrogens (primary N) is 1. The first kappa shape index (κ1) is 11.3. The van der Waals surface area contributed by atoms with E-state index < -0.39 is 0 Å². The number of hydrogen-bond donors (Lipinski definition) is 2. The second-order valence-corrected chi connectivity index (χ2v) is 4.32. The first-order valence-electron chi connectivity index (χ1n) is 4.89. The smallest absolute Gasteiger partial charge is 0.199 e. The van der Waals surface area contributed by atoms with Crippen molar-refractivity contribution >= 4 is 29.2 Å². The van der Waals surface area contributed by atoms with Gasteiger partial charge in [-0.3, -0.25) is 0 Å². The van der Waals surface area contributed by atoms with Crippen molar-refractivity contribution in [1.29, 1.82) is 0 Å². The topological polar surface area (TPSA) is 54.7 Å². The number of anilines is 1. The van der Waals surface area contributed by atoms with Gasteiger partial charge in [0, 0.05) is 5.02 Å². The molecule has 0 amide bonds. The van der Waals surface area contributed by atoms with Gasteiger partial charge in [-0.05, 0) is 30.5 Å². The van der Waals surface area contributed by atoms with Crippen molar-refractivity contribution in [3.8, 4) is 0 Å². The highest BCUT2D eigenvalue weighted by molar-refractivity contribution is 6.30. The minimum Gasteiger partial charge on any atom is -0.369 e. The van der Waals surface area contributed by atoms with E-state index in [4.69, 9.17) is 28.9 Å². The van der Waals surface area contributed by atoms with Gasteiger partial charge in [-0.1, -0.05) is 35.3 Å². The summed E-state index contributed by atoms with van der Waals surface area (Å²) in [5.74, 6) is 0.353. The largest absolute Gasteiger partial charge is 0.369 e. The van der Waals surface area contributed by atoms with Crippen LogP contribution < -0.4 is 5.73 Å². The van der Waals surface area contributed by atoms with Crippen LogP contribution in [0.25, 0.3) is 0 Å². The molecule has 1 heterocycles. The summed E-state index contributed by atoms with van der Waals surface area (Å²) in [5, 5.41) is 1.19. The Balaban J connectivity index is 2.05. The Hall–Kier alpha value is -1.19. The average molecular weight is 256 g/mol. The van der Waals surface area contributed by atoms with Crippen molar-refractivity contribution in [3.05, 3.63) is 45.7 Å². The van der Waals surface area contributed by atoms with E-state index in [1.165, 1.54) is 0 Å². The van der Waals surface area contributed by atoms with Crippen LogP contribution in [0.4, 0.5) is 5.95 Å². The highest BCUT2D eigenvalue weighted by Gasteiger charge is 2.06. The van der Waals surface area contributed by atoms with Crippen molar-refractivity contribution in [2.24, 2.45) is 0 Å². The van der Waals surface area contributed by atoms with E-state index in [0.717, 1.165) is 29.1 Å². The predicted molar refractivity (Wildman–Crippen MR) is 66.9 cm³/mol. The lowest BCUT2D eigenvalue weighted by molar-refractivity contribution is 0.927. The zero-order valence-electron chi connectivity index (χ0n) is 8.50. The predicted octanol–water partition coefficient (Wildman–Crippen LogP) is 3.08. The number of H-pyrrole nitrogens is 1. The maximum Gasteiger partial charge on any atom is 0.199 e. The normalized spacial score (nSPS) is 10.6. The lowest BCUT2D eigenvalue weighted by Crippen LogP contribution is -1.93. The van der Waals surface area contributed by atoms with Gasteiger partial charge in [0.1, 0.15) is 0 Å². The summed E-state index contributed by atoms with van der Waals surface area (Å²) < 4.78 is 0. The number of nitrogens with one attached hydrogen (secondary N) is 1. The van der Waals surface area contributed by atoms with Crippen LogP contribution in [-0.4, -0.2) is 9.97 Å². The molecular weight excluding hydrogens is 245 g/mol. The lowest BCUT2D eigenvalue weighted by Gasteiger charge is -2.00. The zero-order valence-corrected chi connectivity index (χ0v) is 10.0. The van der Waals surface area contributed by atoms with E-state index in [0.29, 0.717) is 11.1 Å². The highest BCUT2D eigenvalue weighted by Crippen LogP contribution is 2.17. The minimum atomic E-state index is 0.353. The number of nitrogens with zero attached hydrogens (tertiary/aromatic N) is 1. The fraction of sp³-hybridized carbons (Fsp3) is 0.182. The zero-order chi connectivity index (χ0) is 11.5. The minimum absolute atomic E-state index is 0.353. The van der Waals surface area contributed by atoms with Crippen LogP contribution in [0.15, 0.2) is 24.3 Å². The molecule has 3 nitrogen and oxygen atoms in total. The molecule has 0 saturated heterocycles. The molecule has 2 aromatic rings. The van der Waals surface area contributed by atoms with Crippen molar-refractivity contribution in [1.82, 2.24) is 9.97 Å². The van der Waals surface area contributed by atoms with Crippen molar-refractivity contribution in [2.45, 2.75) is 12.8 Å². The SMILES string of the molecule is Nc1nc(Cl)c(CCc2cccc(Cl)c2)[nH]1. The van der Waals surface area contributed by atoms with E-state index in [2.05, 4.69) is 9.97 Å². The molecule has 0 fully saturated rings. The van der Waals surface area contributed by atoms with Gasteiger partial charge in [-0.15, -0.1) is 0 Å². The molecule has 1 aromatic carbocycles. The van der Waals surface area contributed by atoms with Crippen LogP contribution in [0, 0.1) is 0 Å². The number of aryl methyl sites for hydroxylation is 2. The van der Waals surface area contributed by atoms with Gasteiger partial charge < -0.3 is 10.7 Å². The maximum absolute atomic E-state index is 5.90. The maximum atomic E-state index is 5.90. The summed E-state index contributed by atoms with van der Waals surface area (Å²) in [6, 6.07) is 7.75. The second kappa shape index (κ2) is 4.76. The van der Waals surface area contributed by atoms with Crippen molar-refractivity contribution in [2.75, 3.05) is 5.73 Å². The quantitative estimate of drug-likeness (QED) is 0.886. The van der Waals surface area contributed by atoms with Crippen LogP contribution in [0.3, 0.4) is 0 Å². The molecule has 0 aliphatic rings. The average Bonchev–Trinajstić information content (AvgIpc) is 2.54. The first-order chi connectivity index (χ1) is 7.65. The Labute approximate surface area is 104 Å². The van der Waals surface area contributed by atoms with Crippen LogP contribution >= 0.6 is 23.2 Å². The molecule has 16 heavy (non-hydrogen) atoms. The van der Waals surface area contributed by atoms with Crippen molar-refractivity contribution < 1.29 is 0 Å². The molecule has 0 spiro atoms. The summed E-state index contributed by atoms with van der Waals surface area (Å²) in [7, 11) is 0. The molecule has 3 N–H and O–H groups in total. The molecule has 2 rings (SSSR count). The third-order valence-electron chi connectivity index (χ3n) is 2.30. The number of aromatic nitrogens is 2. The van der Waals surface area contributed by atoms with Gasteiger partial charge in [0.15, 0.2) is 11.1 Å². The highest BCUT2D eigenvalue weighted by atomic mass is 35.5. The molecule has 0 aliphatic carbocycles. The molecule has 84 valence electrons. The van der Waals surface area contributed by atoms with E-state index >= 15 is 0 Å². The third-order valence-corrected chi connectivity index (χ3v) is 2.85. The molecule has 0 bridgehead atoms. The Morgan fingerprint density at radius 3 is 2.69 bits per heavy atom. The number of halogens is 2. The van der Waals surface area contributed by atoms with Crippen LogP contribution in [0.2, 0.25) is 10.2 Å². The molecule has 0 aliphatic heterocycles. The van der Waals surface area contributed by atoms with E-state index in [-0.39, 0.29) is 0 Å². The van der Waals surface area contributed by atoms with Crippen molar-refractivity contribution in [3.63, 3.8) is 0 Å². The third kappa shape index (κ3) is 2.68. The fourth-order valence-electron chi connectivity index (χ4n) is 1.53. The first-order valence-corrected chi connectivity index (χ1v) is 5.65. The van der Waals surface area contributed by atoms with Crippen LogP contribution in [0.1, 0.15) is 11.3 Å². The Kier molecular flexibility index (Phi) is 3.36. The number of benzene rings is 1. The van der Waals surface area contributed by atoms with E-state index in [9.17, 15) is 0 Å². The van der Waals surface area contributed by atoms with E-state index in [1.807, 2.05) is 24.3 Å².